The summed E-state index contributed by atoms with van der Waals surface area (Å²) >= 11 is 1.62. The SMILES string of the molecule is OC1(Cc2cncs2)CCCc2ccccc21. The van der Waals surface area contributed by atoms with E-state index in [2.05, 4.69) is 23.2 Å². The number of aryl methyl sites for hydroxylation is 1. The highest BCUT2D eigenvalue weighted by Crippen LogP contribution is 2.38. The number of hydrogen-bond donors (Lipinski definition) is 1. The summed E-state index contributed by atoms with van der Waals surface area (Å²) in [5.74, 6) is 0. The normalized spacial score (nSPS) is 23.4. The third-order valence-corrected chi connectivity index (χ3v) is 4.28. The van der Waals surface area contributed by atoms with Crippen molar-refractivity contribution in [3.8, 4) is 0 Å². The highest BCUT2D eigenvalue weighted by molar-refractivity contribution is 7.09. The number of rotatable bonds is 2. The Morgan fingerprint density at radius 1 is 1.35 bits per heavy atom. The van der Waals surface area contributed by atoms with E-state index in [-0.39, 0.29) is 0 Å². The molecule has 2 aromatic rings. The fraction of sp³-hybridized carbons (Fsp3) is 0.357. The average Bonchev–Trinajstić information content (AvgIpc) is 2.82. The summed E-state index contributed by atoms with van der Waals surface area (Å²) in [7, 11) is 0. The highest BCUT2D eigenvalue weighted by Gasteiger charge is 2.34. The number of benzene rings is 1. The second kappa shape index (κ2) is 4.24. The zero-order valence-electron chi connectivity index (χ0n) is 9.60. The molecule has 1 N–H and O–H groups in total. The lowest BCUT2D eigenvalue weighted by Gasteiger charge is -2.34. The molecule has 1 atom stereocenters. The molecule has 0 saturated heterocycles. The Morgan fingerprint density at radius 2 is 2.24 bits per heavy atom. The van der Waals surface area contributed by atoms with Crippen molar-refractivity contribution in [3.05, 3.63) is 52.0 Å². The van der Waals surface area contributed by atoms with Crippen LogP contribution in [-0.2, 0) is 18.4 Å². The van der Waals surface area contributed by atoms with E-state index >= 15 is 0 Å². The topological polar surface area (TPSA) is 33.1 Å². The fourth-order valence-electron chi connectivity index (χ4n) is 2.70. The van der Waals surface area contributed by atoms with E-state index in [1.165, 1.54) is 5.56 Å². The molecule has 3 rings (SSSR count). The molecule has 2 nitrogen and oxygen atoms in total. The molecule has 1 aliphatic rings. The largest absolute Gasteiger partial charge is 0.385 e. The molecule has 17 heavy (non-hydrogen) atoms. The lowest BCUT2D eigenvalue weighted by atomic mass is 9.77. The minimum Gasteiger partial charge on any atom is -0.385 e. The van der Waals surface area contributed by atoms with Gasteiger partial charge < -0.3 is 5.11 Å². The van der Waals surface area contributed by atoms with Crippen molar-refractivity contribution in [3.63, 3.8) is 0 Å². The van der Waals surface area contributed by atoms with Gasteiger partial charge in [0.25, 0.3) is 0 Å². The summed E-state index contributed by atoms with van der Waals surface area (Å²) in [4.78, 5) is 5.24. The van der Waals surface area contributed by atoms with E-state index in [0.29, 0.717) is 6.42 Å². The maximum Gasteiger partial charge on any atom is 0.0947 e. The van der Waals surface area contributed by atoms with Crippen LogP contribution in [0.2, 0.25) is 0 Å². The van der Waals surface area contributed by atoms with Crippen LogP contribution in [0.15, 0.2) is 36.0 Å². The monoisotopic (exact) mass is 245 g/mol. The van der Waals surface area contributed by atoms with Crippen LogP contribution in [0, 0.1) is 0 Å². The van der Waals surface area contributed by atoms with E-state index in [0.717, 1.165) is 29.7 Å². The molecule has 1 aromatic heterocycles. The number of thiazole rings is 1. The van der Waals surface area contributed by atoms with Gasteiger partial charge >= 0.3 is 0 Å². The third-order valence-electron chi connectivity index (χ3n) is 3.51. The van der Waals surface area contributed by atoms with Gasteiger partial charge in [-0.05, 0) is 30.4 Å². The van der Waals surface area contributed by atoms with Crippen LogP contribution in [0.4, 0.5) is 0 Å². The van der Waals surface area contributed by atoms with Crippen LogP contribution in [0.3, 0.4) is 0 Å². The minimum absolute atomic E-state index is 0.689. The molecule has 1 unspecified atom stereocenters. The third kappa shape index (κ3) is 2.01. The summed E-state index contributed by atoms with van der Waals surface area (Å²) in [5, 5.41) is 10.9. The van der Waals surface area contributed by atoms with Crippen LogP contribution in [0.1, 0.15) is 28.8 Å². The van der Waals surface area contributed by atoms with E-state index in [1.807, 2.05) is 17.8 Å². The Balaban J connectivity index is 1.98. The smallest absolute Gasteiger partial charge is 0.0947 e. The molecule has 3 heteroatoms. The molecular formula is C14H15NOS. The van der Waals surface area contributed by atoms with Crippen molar-refractivity contribution in [1.29, 1.82) is 0 Å². The summed E-state index contributed by atoms with van der Waals surface area (Å²) in [6.07, 6.45) is 5.55. The first-order valence-electron chi connectivity index (χ1n) is 5.96. The Labute approximate surface area is 105 Å². The van der Waals surface area contributed by atoms with Crippen LogP contribution >= 0.6 is 11.3 Å². The highest BCUT2D eigenvalue weighted by atomic mass is 32.1. The van der Waals surface area contributed by atoms with E-state index in [9.17, 15) is 5.11 Å². The standard InChI is InChI=1S/C14H15NOS/c16-14(8-12-9-15-10-17-12)7-3-5-11-4-1-2-6-13(11)14/h1-2,4,6,9-10,16H,3,5,7-8H2. The van der Waals surface area contributed by atoms with Gasteiger partial charge in [0, 0.05) is 17.5 Å². The van der Waals surface area contributed by atoms with Crippen molar-refractivity contribution in [2.24, 2.45) is 0 Å². The molecule has 0 bridgehead atoms. The van der Waals surface area contributed by atoms with Crippen molar-refractivity contribution >= 4 is 11.3 Å². The van der Waals surface area contributed by atoms with Crippen LogP contribution < -0.4 is 0 Å². The van der Waals surface area contributed by atoms with Crippen molar-refractivity contribution in [2.75, 3.05) is 0 Å². The van der Waals surface area contributed by atoms with Gasteiger partial charge in [-0.2, -0.15) is 0 Å². The van der Waals surface area contributed by atoms with E-state index in [1.54, 1.807) is 11.3 Å². The molecule has 1 aliphatic carbocycles. The van der Waals surface area contributed by atoms with Crippen molar-refractivity contribution in [2.45, 2.75) is 31.3 Å². The molecule has 0 radical (unpaired) electrons. The fourth-order valence-corrected chi connectivity index (χ4v) is 3.40. The first-order valence-corrected chi connectivity index (χ1v) is 6.84. The minimum atomic E-state index is -0.693. The number of hydrogen-bond acceptors (Lipinski definition) is 3. The van der Waals surface area contributed by atoms with Gasteiger partial charge in [-0.25, -0.2) is 0 Å². The lowest BCUT2D eigenvalue weighted by molar-refractivity contribution is 0.0198. The van der Waals surface area contributed by atoms with Crippen molar-refractivity contribution < 1.29 is 5.11 Å². The Bertz CT molecular complexity index is 509. The van der Waals surface area contributed by atoms with Crippen LogP contribution in [-0.4, -0.2) is 10.1 Å². The van der Waals surface area contributed by atoms with Crippen LogP contribution in [0.25, 0.3) is 0 Å². The summed E-state index contributed by atoms with van der Waals surface area (Å²) < 4.78 is 0. The second-order valence-electron chi connectivity index (χ2n) is 4.69. The Hall–Kier alpha value is -1.19. The van der Waals surface area contributed by atoms with Gasteiger partial charge in [0.1, 0.15) is 0 Å². The van der Waals surface area contributed by atoms with Gasteiger partial charge in [0.05, 0.1) is 11.1 Å². The molecular weight excluding hydrogens is 230 g/mol. The number of aromatic nitrogens is 1. The zero-order valence-corrected chi connectivity index (χ0v) is 10.4. The predicted molar refractivity (Wildman–Crippen MR) is 69.1 cm³/mol. The Kier molecular flexibility index (Phi) is 2.73. The predicted octanol–water partition coefficient (Wildman–Crippen LogP) is 2.91. The molecule has 88 valence electrons. The summed E-state index contributed by atoms with van der Waals surface area (Å²) in [6.45, 7) is 0. The lowest BCUT2D eigenvalue weighted by Crippen LogP contribution is -2.32. The van der Waals surface area contributed by atoms with Crippen molar-refractivity contribution in [1.82, 2.24) is 4.98 Å². The van der Waals surface area contributed by atoms with E-state index in [4.69, 9.17) is 0 Å². The maximum absolute atomic E-state index is 10.9. The quantitative estimate of drug-likeness (QED) is 0.882. The number of nitrogens with zero attached hydrogens (tertiary/aromatic N) is 1. The summed E-state index contributed by atoms with van der Waals surface area (Å²) in [5.41, 5.74) is 3.54. The molecule has 1 aromatic carbocycles. The molecule has 0 spiro atoms. The van der Waals surface area contributed by atoms with E-state index < -0.39 is 5.60 Å². The Morgan fingerprint density at radius 3 is 3.06 bits per heavy atom. The molecule has 0 aliphatic heterocycles. The zero-order chi connectivity index (χ0) is 11.7. The van der Waals surface area contributed by atoms with Gasteiger partial charge in [-0.1, -0.05) is 24.3 Å². The molecule has 0 amide bonds. The summed E-state index contributed by atoms with van der Waals surface area (Å²) in [6, 6.07) is 8.26. The van der Waals surface area contributed by atoms with Crippen LogP contribution in [0.5, 0.6) is 0 Å². The second-order valence-corrected chi connectivity index (χ2v) is 5.66. The number of fused-ring (bicyclic) bond motifs is 1. The molecule has 0 saturated carbocycles. The first kappa shape index (κ1) is 10.9. The van der Waals surface area contributed by atoms with Gasteiger partial charge in [-0.3, -0.25) is 4.98 Å². The van der Waals surface area contributed by atoms with Gasteiger partial charge in [0.2, 0.25) is 0 Å². The maximum atomic E-state index is 10.9. The first-order chi connectivity index (χ1) is 8.28. The average molecular weight is 245 g/mol. The van der Waals surface area contributed by atoms with Gasteiger partial charge in [-0.15, -0.1) is 11.3 Å². The molecule has 0 fully saturated rings. The van der Waals surface area contributed by atoms with Gasteiger partial charge in [0.15, 0.2) is 0 Å². The number of aliphatic hydroxyl groups is 1. The molecule has 1 heterocycles.